The van der Waals surface area contributed by atoms with Gasteiger partial charge >= 0.3 is 0 Å². The Hall–Kier alpha value is -0.360. The molecule has 0 aliphatic rings. The fourth-order valence-electron chi connectivity index (χ4n) is 5.88. The maximum atomic E-state index is 2.47. The van der Waals surface area contributed by atoms with Gasteiger partial charge in [-0.1, -0.05) is 129 Å². The normalized spacial score (nSPS) is 13.8. The summed E-state index contributed by atoms with van der Waals surface area (Å²) in [7, 11) is 0. The predicted octanol–water partition coefficient (Wildman–Crippen LogP) is 13.4. The highest BCUT2D eigenvalue weighted by molar-refractivity contribution is 14.1. The Kier molecular flexibility index (Phi) is 18.3. The summed E-state index contributed by atoms with van der Waals surface area (Å²) in [6.45, 7) is 9.38. The van der Waals surface area contributed by atoms with E-state index in [1.807, 2.05) is 0 Å². The largest absolute Gasteiger partial charge is 0.0654 e. The van der Waals surface area contributed by atoms with Gasteiger partial charge in [0.25, 0.3) is 0 Å². The van der Waals surface area contributed by atoms with Crippen LogP contribution < -0.4 is 0 Å². The van der Waals surface area contributed by atoms with Crippen molar-refractivity contribution in [1.82, 2.24) is 0 Å². The van der Waals surface area contributed by atoms with E-state index in [0.717, 1.165) is 0 Å². The molecule has 2 aromatic carbocycles. The van der Waals surface area contributed by atoms with Gasteiger partial charge in [-0.3, -0.25) is 0 Å². The summed E-state index contributed by atoms with van der Waals surface area (Å²) in [5.74, 6) is 1.28. The number of unbranched alkanes of at least 4 members (excludes halogenated alkanes) is 8. The second-order valence-electron chi connectivity index (χ2n) is 11.2. The zero-order valence-corrected chi connectivity index (χ0v) is 29.2. The number of allylic oxidation sites excluding steroid dienone is 2. The molecule has 0 aliphatic carbocycles. The lowest BCUT2D eigenvalue weighted by molar-refractivity contribution is 0.479. The molecule has 0 saturated heterocycles. The van der Waals surface area contributed by atoms with Crippen molar-refractivity contribution in [3.05, 3.63) is 66.8 Å². The number of hydrogen-bond donors (Lipinski definition) is 0. The van der Waals surface area contributed by atoms with Crippen molar-refractivity contribution in [3.63, 3.8) is 0 Å². The molecule has 0 nitrogen and oxygen atoms in total. The SMILES string of the molecule is CCCCCCC(CCCC)/C(=C(\c1ccc(I)cc1)C(CCCC)CCCCCC)c1ccc(I)cc1. The molecule has 0 spiro atoms. The molecule has 0 radical (unpaired) electrons. The van der Waals surface area contributed by atoms with Gasteiger partial charge in [-0.15, -0.1) is 0 Å². The molecule has 2 aromatic rings. The highest BCUT2D eigenvalue weighted by Crippen LogP contribution is 2.44. The molecule has 0 saturated carbocycles. The maximum Gasteiger partial charge on any atom is 0.0130 e. The summed E-state index contributed by atoms with van der Waals surface area (Å²) < 4.78 is 2.66. The zero-order valence-electron chi connectivity index (χ0n) is 24.8. The van der Waals surface area contributed by atoms with E-state index in [1.165, 1.54) is 121 Å². The third-order valence-corrected chi connectivity index (χ3v) is 9.48. The Balaban J connectivity index is 2.73. The molecule has 2 heteroatoms. The van der Waals surface area contributed by atoms with Crippen molar-refractivity contribution >= 4 is 56.3 Å². The van der Waals surface area contributed by atoms with Gasteiger partial charge in [-0.05, 0) is 129 Å². The van der Waals surface area contributed by atoms with E-state index in [-0.39, 0.29) is 0 Å². The Bertz CT molecular complexity index is 818. The van der Waals surface area contributed by atoms with Gasteiger partial charge < -0.3 is 0 Å². The van der Waals surface area contributed by atoms with E-state index in [9.17, 15) is 0 Å². The molecule has 0 heterocycles. The van der Waals surface area contributed by atoms with Gasteiger partial charge in [-0.25, -0.2) is 0 Å². The molecule has 212 valence electrons. The maximum absolute atomic E-state index is 2.47. The lowest BCUT2D eigenvalue weighted by Crippen LogP contribution is -2.13. The smallest absolute Gasteiger partial charge is 0.0130 e. The van der Waals surface area contributed by atoms with E-state index < -0.39 is 0 Å². The third kappa shape index (κ3) is 12.0. The molecular formula is C36H54I2. The summed E-state index contributed by atoms with van der Waals surface area (Å²) in [5, 5.41) is 0. The van der Waals surface area contributed by atoms with Crippen LogP contribution in [0, 0.1) is 19.0 Å². The minimum Gasteiger partial charge on any atom is -0.0654 e. The van der Waals surface area contributed by atoms with Crippen molar-refractivity contribution in [2.45, 2.75) is 130 Å². The highest BCUT2D eigenvalue weighted by atomic mass is 127. The molecule has 0 aliphatic heterocycles. The topological polar surface area (TPSA) is 0 Å². The van der Waals surface area contributed by atoms with Gasteiger partial charge in [0, 0.05) is 7.14 Å². The zero-order chi connectivity index (χ0) is 27.6. The highest BCUT2D eigenvalue weighted by Gasteiger charge is 2.26. The minimum absolute atomic E-state index is 0.640. The second kappa shape index (κ2) is 20.5. The number of hydrogen-bond acceptors (Lipinski definition) is 0. The first-order chi connectivity index (χ1) is 18.5. The fraction of sp³-hybridized carbons (Fsp3) is 0.611. The van der Waals surface area contributed by atoms with E-state index in [1.54, 1.807) is 11.1 Å². The van der Waals surface area contributed by atoms with Crippen LogP contribution in [0.25, 0.3) is 11.1 Å². The van der Waals surface area contributed by atoms with E-state index >= 15 is 0 Å². The minimum atomic E-state index is 0.640. The van der Waals surface area contributed by atoms with Crippen molar-refractivity contribution < 1.29 is 0 Å². The Morgan fingerprint density at radius 2 is 0.763 bits per heavy atom. The molecule has 38 heavy (non-hydrogen) atoms. The molecular weight excluding hydrogens is 686 g/mol. The first-order valence-electron chi connectivity index (χ1n) is 15.8. The Labute approximate surface area is 263 Å². The van der Waals surface area contributed by atoms with Crippen LogP contribution >= 0.6 is 45.2 Å². The first kappa shape index (κ1) is 33.8. The van der Waals surface area contributed by atoms with Crippen LogP contribution in [-0.4, -0.2) is 0 Å². The monoisotopic (exact) mass is 740 g/mol. The Morgan fingerprint density at radius 3 is 1.08 bits per heavy atom. The molecule has 2 rings (SSSR count). The predicted molar refractivity (Wildman–Crippen MR) is 189 cm³/mol. The molecule has 0 fully saturated rings. The van der Waals surface area contributed by atoms with Crippen molar-refractivity contribution in [2.75, 3.05) is 0 Å². The van der Waals surface area contributed by atoms with Gasteiger partial charge in [0.2, 0.25) is 0 Å². The van der Waals surface area contributed by atoms with Crippen LogP contribution in [0.2, 0.25) is 0 Å². The van der Waals surface area contributed by atoms with E-state index in [4.69, 9.17) is 0 Å². The quantitative estimate of drug-likeness (QED) is 0.0720. The summed E-state index contributed by atoms with van der Waals surface area (Å²) in [6, 6.07) is 19.1. The van der Waals surface area contributed by atoms with Gasteiger partial charge in [-0.2, -0.15) is 0 Å². The molecule has 0 bridgehead atoms. The average molecular weight is 741 g/mol. The van der Waals surface area contributed by atoms with Crippen LogP contribution in [0.5, 0.6) is 0 Å². The molecule has 0 amide bonds. The Morgan fingerprint density at radius 1 is 0.447 bits per heavy atom. The summed E-state index contributed by atoms with van der Waals surface area (Å²) in [5.41, 5.74) is 6.32. The van der Waals surface area contributed by atoms with Crippen molar-refractivity contribution in [2.24, 2.45) is 11.8 Å². The van der Waals surface area contributed by atoms with Crippen LogP contribution in [0.15, 0.2) is 48.5 Å². The van der Waals surface area contributed by atoms with Gasteiger partial charge in [0.1, 0.15) is 0 Å². The van der Waals surface area contributed by atoms with Crippen LogP contribution in [0.1, 0.15) is 142 Å². The van der Waals surface area contributed by atoms with E-state index in [0.29, 0.717) is 11.8 Å². The standard InChI is InChI=1S/C36H54I2/c1-5-9-13-15-19-29(17-11-7-3)35(31-21-25-33(37)26-22-31)36(32-23-27-34(38)28-24-32)30(18-12-8-4)20-16-14-10-6-2/h21-30H,5-20H2,1-4H3/b36-35+. The lowest BCUT2D eigenvalue weighted by atomic mass is 9.74. The number of halogens is 2. The summed E-state index contributed by atoms with van der Waals surface area (Å²) in [4.78, 5) is 0. The molecule has 2 unspecified atom stereocenters. The lowest BCUT2D eigenvalue weighted by Gasteiger charge is -2.30. The molecule has 2 atom stereocenters. The second-order valence-corrected chi connectivity index (χ2v) is 13.7. The van der Waals surface area contributed by atoms with Gasteiger partial charge in [0.05, 0.1) is 0 Å². The fourth-order valence-corrected chi connectivity index (χ4v) is 6.60. The number of benzene rings is 2. The van der Waals surface area contributed by atoms with Crippen molar-refractivity contribution in [1.29, 1.82) is 0 Å². The van der Waals surface area contributed by atoms with Crippen LogP contribution in [0.4, 0.5) is 0 Å². The number of rotatable bonds is 20. The summed E-state index contributed by atoms with van der Waals surface area (Å²) in [6.07, 6.45) is 21.3. The average Bonchev–Trinajstić information content (AvgIpc) is 2.93. The van der Waals surface area contributed by atoms with E-state index in [2.05, 4.69) is 121 Å². The summed E-state index contributed by atoms with van der Waals surface area (Å²) >= 11 is 4.93. The van der Waals surface area contributed by atoms with Crippen LogP contribution in [0.3, 0.4) is 0 Å². The van der Waals surface area contributed by atoms with Crippen molar-refractivity contribution in [3.8, 4) is 0 Å². The van der Waals surface area contributed by atoms with Gasteiger partial charge in [0.15, 0.2) is 0 Å². The van der Waals surface area contributed by atoms with Crippen LogP contribution in [-0.2, 0) is 0 Å². The molecule has 0 N–H and O–H groups in total. The first-order valence-corrected chi connectivity index (χ1v) is 18.0. The third-order valence-electron chi connectivity index (χ3n) is 8.04. The molecule has 0 aromatic heterocycles.